The number of aliphatic hydroxyl groups excluding tert-OH is 2. The number of hydrogen-bond donors (Lipinski definition) is 2. The van der Waals surface area contributed by atoms with Gasteiger partial charge in [-0.3, -0.25) is 0 Å². The third-order valence-corrected chi connectivity index (χ3v) is 1.36. The van der Waals surface area contributed by atoms with Gasteiger partial charge in [-0.2, -0.15) is 0 Å². The fraction of sp³-hybridized carbons (Fsp3) is 1.00. The first-order chi connectivity index (χ1) is 5.04. The molecular formula is C9H22O2. The number of unbranched alkanes of at least 4 members (excludes halogenated alkanes) is 1. The molecule has 0 aromatic heterocycles. The van der Waals surface area contributed by atoms with Gasteiger partial charge in [-0.1, -0.05) is 40.5 Å². The first-order valence-corrected chi connectivity index (χ1v) is 4.25. The minimum Gasteiger partial charge on any atom is -0.396 e. The lowest BCUT2D eigenvalue weighted by molar-refractivity contribution is 0.0857. The van der Waals surface area contributed by atoms with Crippen molar-refractivity contribution in [2.24, 2.45) is 5.41 Å². The van der Waals surface area contributed by atoms with Crippen LogP contribution in [0.15, 0.2) is 0 Å². The molecule has 0 radical (unpaired) electrons. The minimum absolute atomic E-state index is 0.0451. The molecule has 0 saturated carbocycles. The molecule has 0 aliphatic heterocycles. The second kappa shape index (κ2) is 8.02. The summed E-state index contributed by atoms with van der Waals surface area (Å²) in [6.07, 6.45) is 2.64. The molecular weight excluding hydrogens is 140 g/mol. The Kier molecular flexibility index (Phi) is 9.85. The predicted octanol–water partition coefficient (Wildman–Crippen LogP) is 1.80. The summed E-state index contributed by atoms with van der Waals surface area (Å²) in [5.41, 5.74) is -0.306. The maximum atomic E-state index is 8.43. The Labute approximate surface area is 70.3 Å². The fourth-order valence-corrected chi connectivity index (χ4v) is 0.0500. The average molecular weight is 162 g/mol. The van der Waals surface area contributed by atoms with Gasteiger partial charge in [0.25, 0.3) is 0 Å². The van der Waals surface area contributed by atoms with Crippen LogP contribution in [0.2, 0.25) is 0 Å². The monoisotopic (exact) mass is 162 g/mol. The Bertz CT molecular complexity index is 62.0. The summed E-state index contributed by atoms with van der Waals surface area (Å²) in [6.45, 7) is 8.05. The molecule has 2 heteroatoms. The van der Waals surface area contributed by atoms with E-state index < -0.39 is 0 Å². The smallest absolute Gasteiger partial charge is 0.0504 e. The first kappa shape index (κ1) is 13.5. The summed E-state index contributed by atoms with van der Waals surface area (Å²) in [5, 5.41) is 16.9. The van der Waals surface area contributed by atoms with E-state index in [9.17, 15) is 0 Å². The molecule has 2 nitrogen and oxygen atoms in total. The summed E-state index contributed by atoms with van der Waals surface area (Å²) in [4.78, 5) is 0. The lowest BCUT2D eigenvalue weighted by atomic mass is 9.97. The van der Waals surface area contributed by atoms with Gasteiger partial charge in [0.2, 0.25) is 0 Å². The van der Waals surface area contributed by atoms with Gasteiger partial charge in [-0.15, -0.1) is 0 Å². The van der Waals surface area contributed by atoms with E-state index in [2.05, 4.69) is 13.8 Å². The summed E-state index contributed by atoms with van der Waals surface area (Å²) >= 11 is 0. The average Bonchev–Trinajstić information content (AvgIpc) is 2.05. The van der Waals surface area contributed by atoms with E-state index in [1.807, 2.05) is 0 Å². The topological polar surface area (TPSA) is 40.5 Å². The Hall–Kier alpha value is -0.0800. The van der Waals surface area contributed by atoms with Crippen LogP contribution < -0.4 is 0 Å². The van der Waals surface area contributed by atoms with Gasteiger partial charge in [-0.25, -0.2) is 0 Å². The number of hydrogen-bond acceptors (Lipinski definition) is 2. The molecule has 11 heavy (non-hydrogen) atoms. The molecule has 70 valence electrons. The number of rotatable bonds is 3. The van der Waals surface area contributed by atoms with Crippen molar-refractivity contribution in [2.75, 3.05) is 13.2 Å². The van der Waals surface area contributed by atoms with E-state index in [4.69, 9.17) is 10.2 Å². The van der Waals surface area contributed by atoms with Gasteiger partial charge in [-0.05, 0) is 0 Å². The minimum atomic E-state index is -0.306. The van der Waals surface area contributed by atoms with Gasteiger partial charge in [0, 0.05) is 5.41 Å². The van der Waals surface area contributed by atoms with E-state index >= 15 is 0 Å². The standard InChI is InChI=1S/C5H12O2.C4H10/c1-5(2,3-6)4-7;1-3-4-2/h6-7H,3-4H2,1-2H3;3-4H2,1-2H3. The molecule has 0 saturated heterocycles. The number of aliphatic hydroxyl groups is 2. The van der Waals surface area contributed by atoms with Crippen LogP contribution in [0.3, 0.4) is 0 Å². The third-order valence-electron chi connectivity index (χ3n) is 1.36. The highest BCUT2D eigenvalue weighted by Crippen LogP contribution is 2.10. The van der Waals surface area contributed by atoms with Crippen molar-refractivity contribution in [1.29, 1.82) is 0 Å². The summed E-state index contributed by atoms with van der Waals surface area (Å²) < 4.78 is 0. The lowest BCUT2D eigenvalue weighted by Gasteiger charge is -2.16. The maximum absolute atomic E-state index is 8.43. The Morgan fingerprint density at radius 2 is 1.18 bits per heavy atom. The van der Waals surface area contributed by atoms with Gasteiger partial charge in [0.15, 0.2) is 0 Å². The van der Waals surface area contributed by atoms with E-state index in [1.54, 1.807) is 13.8 Å². The second-order valence-electron chi connectivity index (χ2n) is 3.48. The maximum Gasteiger partial charge on any atom is 0.0504 e. The molecule has 0 aromatic carbocycles. The van der Waals surface area contributed by atoms with Gasteiger partial charge >= 0.3 is 0 Å². The van der Waals surface area contributed by atoms with Gasteiger partial charge < -0.3 is 10.2 Å². The van der Waals surface area contributed by atoms with Crippen LogP contribution in [0.1, 0.15) is 40.5 Å². The van der Waals surface area contributed by atoms with Gasteiger partial charge in [0.1, 0.15) is 0 Å². The summed E-state index contributed by atoms with van der Waals surface area (Å²) in [5.74, 6) is 0. The Morgan fingerprint density at radius 1 is 0.909 bits per heavy atom. The zero-order valence-corrected chi connectivity index (χ0v) is 8.22. The van der Waals surface area contributed by atoms with Crippen LogP contribution in [0.4, 0.5) is 0 Å². The molecule has 0 atom stereocenters. The SMILES string of the molecule is CC(C)(CO)CO.CCCC. The summed E-state index contributed by atoms with van der Waals surface area (Å²) in [7, 11) is 0. The van der Waals surface area contributed by atoms with Crippen LogP contribution in [-0.2, 0) is 0 Å². The van der Waals surface area contributed by atoms with E-state index in [0.29, 0.717) is 0 Å². The molecule has 0 bridgehead atoms. The highest BCUT2D eigenvalue weighted by molar-refractivity contribution is 4.62. The molecule has 0 unspecified atom stereocenters. The molecule has 0 rings (SSSR count). The van der Waals surface area contributed by atoms with Crippen molar-refractivity contribution in [3.05, 3.63) is 0 Å². The van der Waals surface area contributed by atoms with Crippen molar-refractivity contribution in [2.45, 2.75) is 40.5 Å². The Balaban J connectivity index is 0. The van der Waals surface area contributed by atoms with Crippen molar-refractivity contribution < 1.29 is 10.2 Å². The molecule has 0 aliphatic carbocycles. The zero-order valence-electron chi connectivity index (χ0n) is 8.22. The molecule has 0 aliphatic rings. The van der Waals surface area contributed by atoms with Crippen molar-refractivity contribution >= 4 is 0 Å². The van der Waals surface area contributed by atoms with E-state index in [0.717, 1.165) is 0 Å². The second-order valence-corrected chi connectivity index (χ2v) is 3.48. The molecule has 0 amide bonds. The summed E-state index contributed by atoms with van der Waals surface area (Å²) in [6, 6.07) is 0. The van der Waals surface area contributed by atoms with Crippen molar-refractivity contribution in [3.63, 3.8) is 0 Å². The highest BCUT2D eigenvalue weighted by atomic mass is 16.3. The molecule has 0 heterocycles. The largest absolute Gasteiger partial charge is 0.396 e. The molecule has 0 aromatic rings. The van der Waals surface area contributed by atoms with Crippen molar-refractivity contribution in [3.8, 4) is 0 Å². The van der Waals surface area contributed by atoms with Crippen LogP contribution in [0.25, 0.3) is 0 Å². The zero-order chi connectivity index (χ0) is 9.33. The van der Waals surface area contributed by atoms with E-state index in [-0.39, 0.29) is 18.6 Å². The van der Waals surface area contributed by atoms with Crippen LogP contribution in [0.5, 0.6) is 0 Å². The van der Waals surface area contributed by atoms with Crippen LogP contribution in [0, 0.1) is 5.41 Å². The predicted molar refractivity (Wildman–Crippen MR) is 48.5 cm³/mol. The fourth-order valence-electron chi connectivity index (χ4n) is 0.0500. The molecule has 0 fully saturated rings. The Morgan fingerprint density at radius 3 is 1.18 bits per heavy atom. The van der Waals surface area contributed by atoms with Crippen LogP contribution in [-0.4, -0.2) is 23.4 Å². The first-order valence-electron chi connectivity index (χ1n) is 4.25. The van der Waals surface area contributed by atoms with Gasteiger partial charge in [0.05, 0.1) is 13.2 Å². The quantitative estimate of drug-likeness (QED) is 0.664. The van der Waals surface area contributed by atoms with E-state index in [1.165, 1.54) is 12.8 Å². The molecule has 0 spiro atoms. The van der Waals surface area contributed by atoms with Crippen LogP contribution >= 0.6 is 0 Å². The molecule has 2 N–H and O–H groups in total. The van der Waals surface area contributed by atoms with Crippen molar-refractivity contribution in [1.82, 2.24) is 0 Å². The normalized spacial score (nSPS) is 10.4. The highest BCUT2D eigenvalue weighted by Gasteiger charge is 2.13. The lowest BCUT2D eigenvalue weighted by Crippen LogP contribution is -2.20. The third kappa shape index (κ3) is 13.0.